The van der Waals surface area contributed by atoms with Crippen LogP contribution in [0.3, 0.4) is 0 Å². The molecule has 2 nitrogen and oxygen atoms in total. The van der Waals surface area contributed by atoms with E-state index in [2.05, 4.69) is 5.32 Å². The summed E-state index contributed by atoms with van der Waals surface area (Å²) >= 11 is 0. The van der Waals surface area contributed by atoms with Crippen molar-refractivity contribution in [2.75, 3.05) is 13.1 Å². The average Bonchev–Trinajstić information content (AvgIpc) is 3.09. The van der Waals surface area contributed by atoms with Gasteiger partial charge in [-0.25, -0.2) is 0 Å². The summed E-state index contributed by atoms with van der Waals surface area (Å²) in [7, 11) is 0. The van der Waals surface area contributed by atoms with Crippen molar-refractivity contribution in [1.82, 2.24) is 5.32 Å². The molecule has 88 valence electrons. The molecule has 2 atom stereocenters. The van der Waals surface area contributed by atoms with Crippen molar-refractivity contribution in [2.45, 2.75) is 57.4 Å². The number of nitrogens with two attached hydrogens (primary N) is 1. The van der Waals surface area contributed by atoms with Gasteiger partial charge in [0.05, 0.1) is 0 Å². The summed E-state index contributed by atoms with van der Waals surface area (Å²) < 4.78 is 0. The molecule has 2 aliphatic rings. The molecule has 2 rings (SSSR count). The molecule has 15 heavy (non-hydrogen) atoms. The summed E-state index contributed by atoms with van der Waals surface area (Å²) in [6.45, 7) is 2.10. The zero-order valence-electron chi connectivity index (χ0n) is 9.88. The third-order valence-corrected chi connectivity index (χ3v) is 4.10. The normalized spacial score (nSPS) is 31.8. The van der Waals surface area contributed by atoms with Crippen LogP contribution in [-0.2, 0) is 0 Å². The van der Waals surface area contributed by atoms with E-state index in [0.717, 1.165) is 24.4 Å². The van der Waals surface area contributed by atoms with Crippen LogP contribution in [-0.4, -0.2) is 19.1 Å². The van der Waals surface area contributed by atoms with Gasteiger partial charge in [-0.3, -0.25) is 0 Å². The van der Waals surface area contributed by atoms with E-state index in [0.29, 0.717) is 0 Å². The van der Waals surface area contributed by atoms with Gasteiger partial charge in [0.25, 0.3) is 0 Å². The topological polar surface area (TPSA) is 38.0 Å². The minimum absolute atomic E-state index is 0.725. The molecule has 0 amide bonds. The van der Waals surface area contributed by atoms with Crippen LogP contribution in [0.5, 0.6) is 0 Å². The van der Waals surface area contributed by atoms with Crippen LogP contribution in [0.4, 0.5) is 0 Å². The Labute approximate surface area is 94.0 Å². The van der Waals surface area contributed by atoms with Crippen LogP contribution in [0.25, 0.3) is 0 Å². The largest absolute Gasteiger partial charge is 0.330 e. The summed E-state index contributed by atoms with van der Waals surface area (Å²) in [5.41, 5.74) is 5.82. The maximum atomic E-state index is 5.82. The molecule has 2 fully saturated rings. The smallest absolute Gasteiger partial charge is 0.0107 e. The Morgan fingerprint density at radius 2 is 1.87 bits per heavy atom. The van der Waals surface area contributed by atoms with E-state index in [9.17, 15) is 0 Å². The maximum absolute atomic E-state index is 5.82. The highest BCUT2D eigenvalue weighted by Crippen LogP contribution is 2.33. The molecule has 0 saturated heterocycles. The van der Waals surface area contributed by atoms with Crippen LogP contribution in [0.15, 0.2) is 0 Å². The third kappa shape index (κ3) is 3.76. The van der Waals surface area contributed by atoms with Crippen molar-refractivity contribution in [1.29, 1.82) is 0 Å². The standard InChI is InChI=1S/C13H26N2/c14-10-12-5-1-2-6-13(12)15-9-3-4-11-7-8-11/h11-13,15H,1-10,14H2. The van der Waals surface area contributed by atoms with Crippen molar-refractivity contribution < 1.29 is 0 Å². The van der Waals surface area contributed by atoms with E-state index in [1.54, 1.807) is 0 Å². The molecule has 0 spiro atoms. The SMILES string of the molecule is NCC1CCCCC1NCCCC1CC1. The molecule has 2 saturated carbocycles. The summed E-state index contributed by atoms with van der Waals surface area (Å²) in [5, 5.41) is 3.73. The summed E-state index contributed by atoms with van der Waals surface area (Å²) in [6.07, 6.45) is 11.3. The number of rotatable bonds is 6. The molecule has 0 aromatic heterocycles. The van der Waals surface area contributed by atoms with Gasteiger partial charge in [-0.1, -0.05) is 25.7 Å². The zero-order valence-corrected chi connectivity index (χ0v) is 9.88. The molecule has 3 N–H and O–H groups in total. The first-order valence-electron chi connectivity index (χ1n) is 6.83. The minimum atomic E-state index is 0.725. The lowest BCUT2D eigenvalue weighted by molar-refractivity contribution is 0.267. The number of hydrogen-bond donors (Lipinski definition) is 2. The van der Waals surface area contributed by atoms with E-state index < -0.39 is 0 Å². The maximum Gasteiger partial charge on any atom is 0.0107 e. The van der Waals surface area contributed by atoms with Crippen LogP contribution >= 0.6 is 0 Å². The molecular weight excluding hydrogens is 184 g/mol. The predicted molar refractivity (Wildman–Crippen MR) is 64.8 cm³/mol. The fraction of sp³-hybridized carbons (Fsp3) is 1.00. The molecule has 2 unspecified atom stereocenters. The van der Waals surface area contributed by atoms with Gasteiger partial charge < -0.3 is 11.1 Å². The Balaban J connectivity index is 1.58. The average molecular weight is 210 g/mol. The van der Waals surface area contributed by atoms with Gasteiger partial charge in [0.2, 0.25) is 0 Å². The van der Waals surface area contributed by atoms with E-state index in [1.807, 2.05) is 0 Å². The molecule has 0 radical (unpaired) electrons. The highest BCUT2D eigenvalue weighted by Gasteiger charge is 2.24. The Morgan fingerprint density at radius 1 is 1.07 bits per heavy atom. The van der Waals surface area contributed by atoms with E-state index >= 15 is 0 Å². The molecule has 2 aliphatic carbocycles. The quantitative estimate of drug-likeness (QED) is 0.660. The first kappa shape index (κ1) is 11.4. The summed E-state index contributed by atoms with van der Waals surface area (Å²) in [4.78, 5) is 0. The highest BCUT2D eigenvalue weighted by molar-refractivity contribution is 4.81. The van der Waals surface area contributed by atoms with E-state index in [1.165, 1.54) is 57.9 Å². The lowest BCUT2D eigenvalue weighted by atomic mass is 9.84. The molecule has 0 heterocycles. The van der Waals surface area contributed by atoms with Crippen LogP contribution in [0.2, 0.25) is 0 Å². The van der Waals surface area contributed by atoms with Crippen LogP contribution < -0.4 is 11.1 Å². The Bertz CT molecular complexity index is 177. The minimum Gasteiger partial charge on any atom is -0.330 e. The Hall–Kier alpha value is -0.0800. The predicted octanol–water partition coefficient (Wildman–Crippen LogP) is 2.28. The number of hydrogen-bond acceptors (Lipinski definition) is 2. The van der Waals surface area contributed by atoms with Crippen molar-refractivity contribution in [2.24, 2.45) is 17.6 Å². The summed E-state index contributed by atoms with van der Waals surface area (Å²) in [6, 6.07) is 0.725. The van der Waals surface area contributed by atoms with E-state index in [4.69, 9.17) is 5.73 Å². The van der Waals surface area contributed by atoms with E-state index in [-0.39, 0.29) is 0 Å². The highest BCUT2D eigenvalue weighted by atomic mass is 14.9. The lowest BCUT2D eigenvalue weighted by Gasteiger charge is -2.31. The van der Waals surface area contributed by atoms with Crippen molar-refractivity contribution in [3.63, 3.8) is 0 Å². The summed E-state index contributed by atoms with van der Waals surface area (Å²) in [5.74, 6) is 1.84. The van der Waals surface area contributed by atoms with Crippen LogP contribution in [0, 0.1) is 11.8 Å². The van der Waals surface area contributed by atoms with Gasteiger partial charge in [-0.2, -0.15) is 0 Å². The fourth-order valence-electron chi connectivity index (χ4n) is 2.84. The van der Waals surface area contributed by atoms with Gasteiger partial charge in [-0.05, 0) is 50.6 Å². The molecular formula is C13H26N2. The van der Waals surface area contributed by atoms with Crippen molar-refractivity contribution in [3.8, 4) is 0 Å². The molecule has 0 aliphatic heterocycles. The Kier molecular flexibility index (Phi) is 4.45. The van der Waals surface area contributed by atoms with Crippen LogP contribution in [0.1, 0.15) is 51.4 Å². The second kappa shape index (κ2) is 5.86. The van der Waals surface area contributed by atoms with Crippen molar-refractivity contribution >= 4 is 0 Å². The van der Waals surface area contributed by atoms with Gasteiger partial charge >= 0.3 is 0 Å². The number of nitrogens with one attached hydrogen (secondary N) is 1. The van der Waals surface area contributed by atoms with Gasteiger partial charge in [-0.15, -0.1) is 0 Å². The molecule has 0 aromatic carbocycles. The third-order valence-electron chi connectivity index (χ3n) is 4.10. The Morgan fingerprint density at radius 3 is 2.60 bits per heavy atom. The monoisotopic (exact) mass is 210 g/mol. The van der Waals surface area contributed by atoms with Gasteiger partial charge in [0.1, 0.15) is 0 Å². The lowest BCUT2D eigenvalue weighted by Crippen LogP contribution is -2.42. The fourth-order valence-corrected chi connectivity index (χ4v) is 2.84. The molecule has 2 heteroatoms. The second-order valence-corrected chi connectivity index (χ2v) is 5.43. The molecule has 0 aromatic rings. The second-order valence-electron chi connectivity index (χ2n) is 5.43. The first-order valence-corrected chi connectivity index (χ1v) is 6.83. The van der Waals surface area contributed by atoms with Gasteiger partial charge in [0, 0.05) is 6.04 Å². The van der Waals surface area contributed by atoms with Crippen molar-refractivity contribution in [3.05, 3.63) is 0 Å². The first-order chi connectivity index (χ1) is 7.40. The zero-order chi connectivity index (χ0) is 10.5. The van der Waals surface area contributed by atoms with Gasteiger partial charge in [0.15, 0.2) is 0 Å². The molecule has 0 bridgehead atoms.